The Morgan fingerprint density at radius 3 is 2.67 bits per heavy atom. The van der Waals surface area contributed by atoms with Crippen LogP contribution in [0, 0.1) is 5.92 Å². The molecule has 0 aliphatic carbocycles. The number of hydrogen-bond donors (Lipinski definition) is 2. The summed E-state index contributed by atoms with van der Waals surface area (Å²) >= 11 is 7.01. The summed E-state index contributed by atoms with van der Waals surface area (Å²) in [5.41, 5.74) is 0.665. The average Bonchev–Trinajstić information content (AvgIpc) is 2.82. The van der Waals surface area contributed by atoms with Gasteiger partial charge in [0.15, 0.2) is 0 Å². The average molecular weight is 404 g/mol. The minimum absolute atomic E-state index is 0.356. The number of carbonyl (C=O) groups is 1. The van der Waals surface area contributed by atoms with Crippen molar-refractivity contribution in [1.29, 1.82) is 0 Å². The molecule has 0 aromatic heterocycles. The van der Waals surface area contributed by atoms with Crippen molar-refractivity contribution in [2.45, 2.75) is 38.6 Å². The third-order valence-corrected chi connectivity index (χ3v) is 6.17. The van der Waals surface area contributed by atoms with Crippen LogP contribution in [0.3, 0.4) is 0 Å². The highest BCUT2D eigenvalue weighted by atomic mass is 32.2. The van der Waals surface area contributed by atoms with Gasteiger partial charge in [0, 0.05) is 11.9 Å². The molecule has 1 aliphatic rings. The second kappa shape index (κ2) is 7.66. The molecule has 0 unspecified atom stereocenters. The number of rotatable bonds is 4. The fourth-order valence-corrected chi connectivity index (χ4v) is 5.32. The van der Waals surface area contributed by atoms with Gasteiger partial charge >= 0.3 is 6.03 Å². The summed E-state index contributed by atoms with van der Waals surface area (Å²) < 4.78 is 0.285. The van der Waals surface area contributed by atoms with Gasteiger partial charge in [-0.1, -0.05) is 74.2 Å². The van der Waals surface area contributed by atoms with Crippen molar-refractivity contribution in [1.82, 2.24) is 9.96 Å². The van der Waals surface area contributed by atoms with E-state index < -0.39 is 16.9 Å². The zero-order chi connectivity index (χ0) is 19.8. The number of nitrogens with one attached hydrogen (secondary N) is 1. The Morgan fingerprint density at radius 1 is 1.30 bits per heavy atom. The van der Waals surface area contributed by atoms with Crippen LogP contribution in [0.15, 0.2) is 42.5 Å². The zero-order valence-electron chi connectivity index (χ0n) is 16.0. The zero-order valence-corrected chi connectivity index (χ0v) is 17.6. The maximum Gasteiger partial charge on any atom is 0.347 e. The lowest BCUT2D eigenvalue weighted by Crippen LogP contribution is -2.56. The fourth-order valence-electron chi connectivity index (χ4n) is 3.42. The summed E-state index contributed by atoms with van der Waals surface area (Å²) in [5, 5.41) is 16.4. The Morgan fingerprint density at radius 2 is 1.96 bits per heavy atom. The van der Waals surface area contributed by atoms with E-state index in [4.69, 9.17) is 12.2 Å². The molecule has 1 fully saturated rings. The van der Waals surface area contributed by atoms with Gasteiger partial charge in [0.05, 0.1) is 10.4 Å². The number of anilines is 1. The second-order valence-electron chi connectivity index (χ2n) is 7.69. The standard InChI is InChI=1S/C20H25N3O2S2/c1-13(2)12-22-17(20(3,4)27-19(22)26)23(25)18(24)21-16-11-7-9-14-8-5-6-10-15(14)16/h5-11,13,17,25H,12H2,1-4H3,(H,21,24)/t17-/m0/s1. The molecule has 5 nitrogen and oxygen atoms in total. The molecule has 1 saturated heterocycles. The molecular weight excluding hydrogens is 378 g/mol. The predicted molar refractivity (Wildman–Crippen MR) is 116 cm³/mol. The molecule has 2 N–H and O–H groups in total. The lowest BCUT2D eigenvalue weighted by Gasteiger charge is -2.37. The third-order valence-electron chi connectivity index (χ3n) is 4.53. The molecule has 0 saturated carbocycles. The molecule has 0 bridgehead atoms. The molecule has 7 heteroatoms. The van der Waals surface area contributed by atoms with Gasteiger partial charge in [-0.25, -0.2) is 4.79 Å². The normalized spacial score (nSPS) is 19.0. The van der Waals surface area contributed by atoms with Crippen LogP contribution in [0.2, 0.25) is 0 Å². The molecular formula is C20H25N3O2S2. The van der Waals surface area contributed by atoms with E-state index >= 15 is 0 Å². The Hall–Kier alpha value is -1.83. The van der Waals surface area contributed by atoms with E-state index in [1.54, 1.807) is 0 Å². The molecule has 2 amide bonds. The van der Waals surface area contributed by atoms with E-state index in [-0.39, 0.29) is 0 Å². The van der Waals surface area contributed by atoms with E-state index in [1.165, 1.54) is 11.8 Å². The summed E-state index contributed by atoms with van der Waals surface area (Å²) in [5.74, 6) is 0.356. The van der Waals surface area contributed by atoms with Crippen molar-refractivity contribution in [3.8, 4) is 0 Å². The van der Waals surface area contributed by atoms with Crippen LogP contribution in [-0.4, -0.2) is 43.0 Å². The predicted octanol–water partition coefficient (Wildman–Crippen LogP) is 5.16. The molecule has 1 aliphatic heterocycles. The van der Waals surface area contributed by atoms with Crippen molar-refractivity contribution >= 4 is 50.8 Å². The lowest BCUT2D eigenvalue weighted by atomic mass is 10.1. The maximum atomic E-state index is 12.9. The van der Waals surface area contributed by atoms with Crippen molar-refractivity contribution in [3.63, 3.8) is 0 Å². The fraction of sp³-hybridized carbons (Fsp3) is 0.400. The number of thiocarbonyl (C=S) groups is 1. The first-order valence-electron chi connectivity index (χ1n) is 8.97. The van der Waals surface area contributed by atoms with E-state index in [2.05, 4.69) is 19.2 Å². The number of benzene rings is 2. The molecule has 1 atom stereocenters. The second-order valence-corrected chi connectivity index (χ2v) is 9.98. The summed E-state index contributed by atoms with van der Waals surface area (Å²) in [6.07, 6.45) is -0.535. The smallest absolute Gasteiger partial charge is 0.333 e. The third kappa shape index (κ3) is 4.05. The molecule has 27 heavy (non-hydrogen) atoms. The highest BCUT2D eigenvalue weighted by Crippen LogP contribution is 2.42. The number of nitrogens with zero attached hydrogens (tertiary/aromatic N) is 2. The summed E-state index contributed by atoms with van der Waals surface area (Å²) in [7, 11) is 0. The molecule has 1 heterocycles. The van der Waals surface area contributed by atoms with Gasteiger partial charge in [-0.05, 0) is 31.2 Å². The van der Waals surface area contributed by atoms with Crippen molar-refractivity contribution in [2.75, 3.05) is 11.9 Å². The first-order valence-corrected chi connectivity index (χ1v) is 10.2. The molecule has 2 aromatic carbocycles. The lowest BCUT2D eigenvalue weighted by molar-refractivity contribution is -0.115. The van der Waals surface area contributed by atoms with Gasteiger partial charge in [-0.2, -0.15) is 5.06 Å². The number of fused-ring (bicyclic) bond motifs is 1. The Kier molecular flexibility index (Phi) is 5.65. The molecule has 0 radical (unpaired) electrons. The number of carbonyl (C=O) groups excluding carboxylic acids is 1. The minimum Gasteiger partial charge on any atom is -0.333 e. The molecule has 0 spiro atoms. The summed E-state index contributed by atoms with van der Waals surface area (Å²) in [6, 6.07) is 13.0. The van der Waals surface area contributed by atoms with Crippen LogP contribution in [0.5, 0.6) is 0 Å². The Balaban J connectivity index is 1.86. The topological polar surface area (TPSA) is 55.8 Å². The van der Waals surface area contributed by atoms with Crippen molar-refractivity contribution in [3.05, 3.63) is 42.5 Å². The van der Waals surface area contributed by atoms with Gasteiger partial charge in [-0.15, -0.1) is 0 Å². The maximum absolute atomic E-state index is 12.9. The van der Waals surface area contributed by atoms with Crippen LogP contribution in [0.25, 0.3) is 10.8 Å². The van der Waals surface area contributed by atoms with Crippen LogP contribution in [-0.2, 0) is 0 Å². The van der Waals surface area contributed by atoms with E-state index in [9.17, 15) is 10.0 Å². The largest absolute Gasteiger partial charge is 0.347 e. The SMILES string of the molecule is CC(C)CN1C(=S)SC(C)(C)[C@@H]1N(O)C(=O)Nc1cccc2ccccc12. The monoisotopic (exact) mass is 403 g/mol. The first-order chi connectivity index (χ1) is 12.7. The number of thioether (sulfide) groups is 1. The van der Waals surface area contributed by atoms with Crippen LogP contribution in [0.4, 0.5) is 10.5 Å². The van der Waals surface area contributed by atoms with Gasteiger partial charge in [0.2, 0.25) is 0 Å². The number of hydroxylamine groups is 2. The van der Waals surface area contributed by atoms with Crippen molar-refractivity contribution in [2.24, 2.45) is 5.92 Å². The van der Waals surface area contributed by atoms with Gasteiger partial charge in [0.25, 0.3) is 0 Å². The van der Waals surface area contributed by atoms with E-state index in [0.29, 0.717) is 22.5 Å². The highest BCUT2D eigenvalue weighted by molar-refractivity contribution is 8.24. The van der Waals surface area contributed by atoms with E-state index in [0.717, 1.165) is 15.8 Å². The first kappa shape index (κ1) is 19.9. The molecule has 3 rings (SSSR count). The van der Waals surface area contributed by atoms with Crippen LogP contribution in [0.1, 0.15) is 27.7 Å². The highest BCUT2D eigenvalue weighted by Gasteiger charge is 2.49. The molecule has 144 valence electrons. The molecule has 2 aromatic rings. The summed E-state index contributed by atoms with van der Waals surface area (Å²) in [6.45, 7) is 8.84. The van der Waals surface area contributed by atoms with Crippen molar-refractivity contribution < 1.29 is 10.0 Å². The van der Waals surface area contributed by atoms with Gasteiger partial charge in [0.1, 0.15) is 10.5 Å². The Labute approximate surface area is 169 Å². The Bertz CT molecular complexity index is 864. The summed E-state index contributed by atoms with van der Waals surface area (Å²) in [4.78, 5) is 14.8. The minimum atomic E-state index is -0.566. The quantitative estimate of drug-likeness (QED) is 0.420. The number of urea groups is 1. The van der Waals surface area contributed by atoms with Gasteiger partial charge in [-0.3, -0.25) is 5.21 Å². The van der Waals surface area contributed by atoms with Crippen LogP contribution < -0.4 is 5.32 Å². The number of amides is 2. The van der Waals surface area contributed by atoms with E-state index in [1.807, 2.05) is 61.2 Å². The van der Waals surface area contributed by atoms with Gasteiger partial charge < -0.3 is 10.2 Å². The van der Waals surface area contributed by atoms with Crippen LogP contribution >= 0.6 is 24.0 Å². The number of hydrogen-bond acceptors (Lipinski definition) is 4.